The van der Waals surface area contributed by atoms with Gasteiger partial charge in [-0.1, -0.05) is 103 Å². The van der Waals surface area contributed by atoms with E-state index < -0.39 is 35.4 Å². The maximum absolute atomic E-state index is 14.1. The van der Waals surface area contributed by atoms with Crippen LogP contribution in [0.1, 0.15) is 183 Å². The van der Waals surface area contributed by atoms with Crippen LogP contribution in [0, 0.1) is 53.3 Å². The van der Waals surface area contributed by atoms with Gasteiger partial charge in [-0.15, -0.1) is 0 Å². The predicted molar refractivity (Wildman–Crippen MR) is 256 cm³/mol. The molecule has 0 heterocycles. The molecule has 0 aliphatic heterocycles. The summed E-state index contributed by atoms with van der Waals surface area (Å²) in [5, 5.41) is 9.48. The molecule has 1 aromatic rings. The number of hydrogen-bond acceptors (Lipinski definition) is 9. The monoisotopic (exact) mass is 920 g/mol. The Bertz CT molecular complexity index is 1760. The molecule has 66 heavy (non-hydrogen) atoms. The first kappa shape index (κ1) is 54.5. The lowest BCUT2D eigenvalue weighted by atomic mass is 9.67. The van der Waals surface area contributed by atoms with Crippen molar-refractivity contribution in [3.8, 4) is 0 Å². The van der Waals surface area contributed by atoms with Crippen LogP contribution in [0.25, 0.3) is 0 Å². The number of amides is 3. The average Bonchev–Trinajstić information content (AvgIpc) is 3.27. The molecular formula is C54H85N3O9. The maximum Gasteiger partial charge on any atom is 0.309 e. The predicted octanol–water partition coefficient (Wildman–Crippen LogP) is 9.39. The molecule has 3 saturated carbocycles. The van der Waals surface area contributed by atoms with Gasteiger partial charge < -0.3 is 25.4 Å². The molecule has 0 radical (unpaired) electrons. The van der Waals surface area contributed by atoms with Crippen LogP contribution in [0.2, 0.25) is 0 Å². The van der Waals surface area contributed by atoms with E-state index in [0.29, 0.717) is 19.3 Å². The minimum atomic E-state index is -0.708. The number of ketones is 2. The second-order valence-corrected chi connectivity index (χ2v) is 21.1. The molecule has 4 rings (SSSR count). The first-order valence-electron chi connectivity index (χ1n) is 25.8. The zero-order chi connectivity index (χ0) is 48.6. The zero-order valence-corrected chi connectivity index (χ0v) is 41.9. The van der Waals surface area contributed by atoms with Crippen molar-refractivity contribution < 1.29 is 43.0 Å². The molecule has 3 amide bonds. The number of benzene rings is 1. The Morgan fingerprint density at radius 2 is 1.11 bits per heavy atom. The Morgan fingerprint density at radius 1 is 0.606 bits per heavy atom. The molecule has 370 valence electrons. The number of esters is 2. The fraction of sp³-hybridized carbons (Fsp3) is 0.759. The van der Waals surface area contributed by atoms with Crippen LogP contribution < -0.4 is 16.0 Å². The molecular weight excluding hydrogens is 835 g/mol. The van der Waals surface area contributed by atoms with E-state index in [0.717, 1.165) is 82.6 Å². The van der Waals surface area contributed by atoms with Crippen LogP contribution in [0.3, 0.4) is 0 Å². The minimum Gasteiger partial charge on any atom is -0.461 e. The van der Waals surface area contributed by atoms with Crippen LogP contribution in [-0.4, -0.2) is 65.0 Å². The molecule has 3 fully saturated rings. The highest BCUT2D eigenvalue weighted by atomic mass is 16.6. The Kier molecular flexibility index (Phi) is 21.8. The number of hydrogen-bond donors (Lipinski definition) is 3. The van der Waals surface area contributed by atoms with Gasteiger partial charge in [-0.2, -0.15) is 0 Å². The normalized spacial score (nSPS) is 25.1. The first-order chi connectivity index (χ1) is 31.4. The number of nitrogens with one attached hydrogen (secondary N) is 3. The second-order valence-electron chi connectivity index (χ2n) is 21.1. The molecule has 12 nitrogen and oxygen atoms in total. The first-order valence-corrected chi connectivity index (χ1v) is 25.8. The van der Waals surface area contributed by atoms with Gasteiger partial charge in [0, 0.05) is 48.6 Å². The van der Waals surface area contributed by atoms with E-state index in [2.05, 4.69) is 16.0 Å². The Morgan fingerprint density at radius 3 is 1.65 bits per heavy atom. The summed E-state index contributed by atoms with van der Waals surface area (Å²) in [5.74, 6) is -3.46. The van der Waals surface area contributed by atoms with Gasteiger partial charge in [0.05, 0.1) is 18.4 Å². The molecule has 3 N–H and O–H groups in total. The standard InChI is InChI=1S/C54H85N3O9/c1-10-39(48(59)30-34(4)50(61)57-46-29-21-19-27-44(46)41(12-3)53(64)65-33-37-22-14-13-15-23-37)42-25-17-16-24-38(42)32-47(58)36(6)55-52(63)40(11-2)43-26-18-20-28-45(43)56-51(62)35(5)31-49(60)66-54(7,8)9/h13-15,22-23,34-36,38-46H,10-12,16-21,24-33H2,1-9H3,(H,55,63)(H,56,62)(H,57,61)/t34-,35-,36+,38-,39+,40+,41+,42?,43+,44+,45+,46+/m0/s1. The molecule has 0 bridgehead atoms. The summed E-state index contributed by atoms with van der Waals surface area (Å²) >= 11 is 0. The highest BCUT2D eigenvalue weighted by Gasteiger charge is 2.41. The van der Waals surface area contributed by atoms with Crippen LogP contribution in [-0.2, 0) is 49.6 Å². The molecule has 12 atom stereocenters. The minimum absolute atomic E-state index is 0.00170. The summed E-state index contributed by atoms with van der Waals surface area (Å²) in [6, 6.07) is 8.54. The van der Waals surface area contributed by atoms with E-state index >= 15 is 0 Å². The van der Waals surface area contributed by atoms with Crippen LogP contribution in [0.4, 0.5) is 0 Å². The average molecular weight is 920 g/mol. The number of rotatable bonds is 23. The smallest absolute Gasteiger partial charge is 0.309 e. The third kappa shape index (κ3) is 16.3. The van der Waals surface area contributed by atoms with Crippen molar-refractivity contribution >= 4 is 41.2 Å². The number of Topliss-reactive ketones (excluding diaryl/α,β-unsaturated/α-hetero) is 2. The quantitative estimate of drug-likeness (QED) is 0.0904. The Balaban J connectivity index is 1.32. The third-order valence-corrected chi connectivity index (χ3v) is 15.0. The fourth-order valence-corrected chi connectivity index (χ4v) is 11.3. The van der Waals surface area contributed by atoms with E-state index in [-0.39, 0.29) is 109 Å². The van der Waals surface area contributed by atoms with Gasteiger partial charge in [0.1, 0.15) is 18.0 Å². The van der Waals surface area contributed by atoms with Crippen LogP contribution >= 0.6 is 0 Å². The molecule has 1 aromatic carbocycles. The van der Waals surface area contributed by atoms with Gasteiger partial charge in [0.2, 0.25) is 17.7 Å². The van der Waals surface area contributed by atoms with Crippen molar-refractivity contribution in [3.63, 3.8) is 0 Å². The van der Waals surface area contributed by atoms with Crippen LogP contribution in [0.5, 0.6) is 0 Å². The van der Waals surface area contributed by atoms with Gasteiger partial charge in [-0.3, -0.25) is 33.6 Å². The van der Waals surface area contributed by atoms with E-state index in [1.807, 2.05) is 58.0 Å². The lowest BCUT2D eigenvalue weighted by molar-refractivity contribution is -0.157. The fourth-order valence-electron chi connectivity index (χ4n) is 11.3. The largest absolute Gasteiger partial charge is 0.461 e. The lowest BCUT2D eigenvalue weighted by Crippen LogP contribution is -2.51. The maximum atomic E-state index is 14.1. The van der Waals surface area contributed by atoms with Crippen LogP contribution in [0.15, 0.2) is 30.3 Å². The molecule has 12 heteroatoms. The van der Waals surface area contributed by atoms with Gasteiger partial charge in [0.25, 0.3) is 0 Å². The topological polar surface area (TPSA) is 174 Å². The summed E-state index contributed by atoms with van der Waals surface area (Å²) in [6.45, 7) is 16.9. The summed E-state index contributed by atoms with van der Waals surface area (Å²) in [7, 11) is 0. The molecule has 1 unspecified atom stereocenters. The van der Waals surface area contributed by atoms with Crippen molar-refractivity contribution in [1.29, 1.82) is 0 Å². The molecule has 0 aromatic heterocycles. The zero-order valence-electron chi connectivity index (χ0n) is 41.9. The number of carbonyl (C=O) groups is 7. The highest BCUT2D eigenvalue weighted by Crippen LogP contribution is 2.41. The van der Waals surface area contributed by atoms with Gasteiger partial charge in [-0.25, -0.2) is 0 Å². The number of ether oxygens (including phenoxy) is 2. The van der Waals surface area contributed by atoms with Crippen molar-refractivity contribution in [2.75, 3.05) is 0 Å². The summed E-state index contributed by atoms with van der Waals surface area (Å²) < 4.78 is 11.2. The van der Waals surface area contributed by atoms with E-state index in [4.69, 9.17) is 9.47 Å². The Labute approximate surface area is 396 Å². The van der Waals surface area contributed by atoms with Gasteiger partial charge in [0.15, 0.2) is 5.78 Å². The number of carbonyl (C=O) groups excluding carboxylic acids is 7. The van der Waals surface area contributed by atoms with Crippen molar-refractivity contribution in [1.82, 2.24) is 16.0 Å². The summed E-state index contributed by atoms with van der Waals surface area (Å²) in [6.07, 6.45) is 12.8. The lowest BCUT2D eigenvalue weighted by Gasteiger charge is -2.38. The third-order valence-electron chi connectivity index (χ3n) is 15.0. The van der Waals surface area contributed by atoms with E-state index in [1.165, 1.54) is 0 Å². The Hall–Kier alpha value is -4.09. The van der Waals surface area contributed by atoms with E-state index in [1.54, 1.807) is 34.6 Å². The molecule has 0 saturated heterocycles. The second kappa shape index (κ2) is 26.5. The van der Waals surface area contributed by atoms with E-state index in [9.17, 15) is 33.6 Å². The van der Waals surface area contributed by atoms with Gasteiger partial charge >= 0.3 is 11.9 Å². The highest BCUT2D eigenvalue weighted by molar-refractivity contribution is 5.90. The summed E-state index contributed by atoms with van der Waals surface area (Å²) in [5.41, 5.74) is 0.296. The van der Waals surface area contributed by atoms with Crippen molar-refractivity contribution in [2.24, 2.45) is 53.3 Å². The van der Waals surface area contributed by atoms with Gasteiger partial charge in [-0.05, 0) is 115 Å². The molecule has 0 spiro atoms. The van der Waals surface area contributed by atoms with Crippen molar-refractivity contribution in [3.05, 3.63) is 35.9 Å². The molecule has 3 aliphatic carbocycles. The molecule has 3 aliphatic rings. The van der Waals surface area contributed by atoms with Crippen molar-refractivity contribution in [2.45, 2.75) is 208 Å². The SMILES string of the molecule is CC[C@@H](C(=O)C[C@H](C)C(=O)N[C@@H]1CCCC[C@@H]1[C@@H](CC)C(=O)OCc1ccccc1)C1CCCC[C@H]1CC(=O)[C@@H](C)NC(=O)[C@H](CC)[C@H]1CCCC[C@H]1NC(=O)[C@@H](C)CC(=O)OC(C)(C)C. The summed E-state index contributed by atoms with van der Waals surface area (Å²) in [4.78, 5) is 94.9.